The highest BCUT2D eigenvalue weighted by atomic mass is 127. The topological polar surface area (TPSA) is 76.4 Å². The van der Waals surface area contributed by atoms with Gasteiger partial charge < -0.3 is 15.4 Å². The summed E-state index contributed by atoms with van der Waals surface area (Å²) in [5.74, 6) is 0.792. The lowest BCUT2D eigenvalue weighted by Gasteiger charge is -2.12. The number of hydrogen-bond donors (Lipinski definition) is 2. The molecule has 0 aliphatic heterocycles. The minimum atomic E-state index is 0. The zero-order chi connectivity index (χ0) is 18.9. The largest absolute Gasteiger partial charge is 0.383 e. The SMILES string of the molecule is CCc1cnc(CCNC(=NC)NCc2c(C)nn(CCOC)c2C)s1.I. The predicted molar refractivity (Wildman–Crippen MR) is 122 cm³/mol. The van der Waals surface area contributed by atoms with Crippen LogP contribution in [0.2, 0.25) is 0 Å². The first kappa shape index (κ1) is 23.8. The summed E-state index contributed by atoms with van der Waals surface area (Å²) in [6.07, 6.45) is 3.92. The third-order valence-electron chi connectivity index (χ3n) is 4.28. The van der Waals surface area contributed by atoms with Gasteiger partial charge in [0.1, 0.15) is 0 Å². The number of nitrogens with zero attached hydrogens (tertiary/aromatic N) is 4. The van der Waals surface area contributed by atoms with Gasteiger partial charge in [0.25, 0.3) is 0 Å². The van der Waals surface area contributed by atoms with Crippen LogP contribution in [0.5, 0.6) is 0 Å². The number of halogens is 1. The van der Waals surface area contributed by atoms with Crippen molar-refractivity contribution in [3.05, 3.63) is 33.0 Å². The van der Waals surface area contributed by atoms with Crippen LogP contribution in [0.4, 0.5) is 0 Å². The summed E-state index contributed by atoms with van der Waals surface area (Å²) >= 11 is 1.78. The lowest BCUT2D eigenvalue weighted by atomic mass is 10.2. The molecule has 0 amide bonds. The molecule has 0 unspecified atom stereocenters. The Hall–Kier alpha value is -1.20. The second-order valence-electron chi connectivity index (χ2n) is 6.04. The number of guanidine groups is 1. The van der Waals surface area contributed by atoms with E-state index >= 15 is 0 Å². The fraction of sp³-hybridized carbons (Fsp3) is 0.611. The predicted octanol–water partition coefficient (Wildman–Crippen LogP) is 2.69. The highest BCUT2D eigenvalue weighted by Gasteiger charge is 2.12. The maximum atomic E-state index is 5.15. The van der Waals surface area contributed by atoms with Crippen LogP contribution in [0.1, 0.15) is 33.8 Å². The van der Waals surface area contributed by atoms with Gasteiger partial charge in [-0.05, 0) is 20.3 Å². The number of methoxy groups -OCH3 is 1. The molecule has 2 N–H and O–H groups in total. The van der Waals surface area contributed by atoms with E-state index in [4.69, 9.17) is 4.74 Å². The molecule has 0 spiro atoms. The van der Waals surface area contributed by atoms with Crippen LogP contribution in [0.15, 0.2) is 11.2 Å². The molecule has 0 radical (unpaired) electrons. The number of nitrogens with one attached hydrogen (secondary N) is 2. The molecule has 0 bridgehead atoms. The molecule has 0 fully saturated rings. The fourth-order valence-electron chi connectivity index (χ4n) is 2.69. The maximum absolute atomic E-state index is 5.15. The number of thiazole rings is 1. The van der Waals surface area contributed by atoms with Crippen molar-refractivity contribution in [2.45, 2.75) is 46.7 Å². The van der Waals surface area contributed by atoms with E-state index in [1.54, 1.807) is 25.5 Å². The average molecular weight is 506 g/mol. The van der Waals surface area contributed by atoms with Crippen molar-refractivity contribution < 1.29 is 4.74 Å². The molecule has 2 aromatic heterocycles. The third-order valence-corrected chi connectivity index (χ3v) is 5.48. The van der Waals surface area contributed by atoms with Gasteiger partial charge in [-0.1, -0.05) is 6.92 Å². The second kappa shape index (κ2) is 12.3. The molecule has 0 aromatic carbocycles. The molecular formula is C18H31IN6OS. The molecular weight excluding hydrogens is 475 g/mol. The van der Waals surface area contributed by atoms with E-state index in [1.165, 1.54) is 10.4 Å². The molecule has 2 aromatic rings. The van der Waals surface area contributed by atoms with E-state index < -0.39 is 0 Å². The number of aliphatic imine (C=N–C) groups is 1. The number of rotatable bonds is 9. The smallest absolute Gasteiger partial charge is 0.191 e. The van der Waals surface area contributed by atoms with E-state index in [-0.39, 0.29) is 24.0 Å². The molecule has 0 aliphatic carbocycles. The monoisotopic (exact) mass is 506 g/mol. The highest BCUT2D eigenvalue weighted by molar-refractivity contribution is 14.0. The third kappa shape index (κ3) is 7.04. The lowest BCUT2D eigenvalue weighted by molar-refractivity contribution is 0.182. The molecule has 27 heavy (non-hydrogen) atoms. The van der Waals surface area contributed by atoms with Gasteiger partial charge in [-0.3, -0.25) is 9.67 Å². The van der Waals surface area contributed by atoms with Crippen molar-refractivity contribution in [3.8, 4) is 0 Å². The fourth-order valence-corrected chi connectivity index (χ4v) is 3.55. The van der Waals surface area contributed by atoms with Gasteiger partial charge >= 0.3 is 0 Å². The van der Waals surface area contributed by atoms with E-state index in [0.29, 0.717) is 13.2 Å². The zero-order valence-electron chi connectivity index (χ0n) is 16.8. The standard InChI is InChI=1S/C18H30N6OS.HI/c1-6-15-11-21-17(26-15)7-8-20-18(19-4)22-12-16-13(2)23-24(14(16)3)9-10-25-5;/h11H,6-10,12H2,1-5H3,(H2,19,20,22);1H. The van der Waals surface area contributed by atoms with Gasteiger partial charge in [-0.25, -0.2) is 4.98 Å². The van der Waals surface area contributed by atoms with Gasteiger partial charge in [-0.2, -0.15) is 5.10 Å². The summed E-state index contributed by atoms with van der Waals surface area (Å²) in [6.45, 7) is 9.22. The van der Waals surface area contributed by atoms with Crippen LogP contribution in [0, 0.1) is 13.8 Å². The van der Waals surface area contributed by atoms with Crippen LogP contribution in [0.3, 0.4) is 0 Å². The van der Waals surface area contributed by atoms with Crippen molar-refractivity contribution in [2.75, 3.05) is 27.3 Å². The van der Waals surface area contributed by atoms with E-state index in [9.17, 15) is 0 Å². The van der Waals surface area contributed by atoms with Crippen LogP contribution >= 0.6 is 35.3 Å². The van der Waals surface area contributed by atoms with Gasteiger partial charge in [-0.15, -0.1) is 35.3 Å². The zero-order valence-corrected chi connectivity index (χ0v) is 20.0. The van der Waals surface area contributed by atoms with Crippen LogP contribution in [0.25, 0.3) is 0 Å². The van der Waals surface area contributed by atoms with Crippen LogP contribution < -0.4 is 10.6 Å². The summed E-state index contributed by atoms with van der Waals surface area (Å²) in [5.41, 5.74) is 3.41. The number of ether oxygens (including phenoxy) is 1. The Bertz CT molecular complexity index is 728. The van der Waals surface area contributed by atoms with Crippen molar-refractivity contribution in [1.82, 2.24) is 25.4 Å². The number of aromatic nitrogens is 3. The molecule has 7 nitrogen and oxygen atoms in total. The highest BCUT2D eigenvalue weighted by Crippen LogP contribution is 2.14. The normalized spacial score (nSPS) is 11.4. The molecule has 0 aliphatic rings. The molecule has 0 saturated heterocycles. The van der Waals surface area contributed by atoms with Crippen molar-refractivity contribution >= 4 is 41.3 Å². The summed E-state index contributed by atoms with van der Waals surface area (Å²) in [7, 11) is 3.49. The summed E-state index contributed by atoms with van der Waals surface area (Å²) < 4.78 is 7.14. The van der Waals surface area contributed by atoms with Crippen LogP contribution in [-0.2, 0) is 30.7 Å². The summed E-state index contributed by atoms with van der Waals surface area (Å²) in [6, 6.07) is 0. The van der Waals surface area contributed by atoms with E-state index in [2.05, 4.69) is 39.6 Å². The number of hydrogen-bond acceptors (Lipinski definition) is 5. The summed E-state index contributed by atoms with van der Waals surface area (Å²) in [4.78, 5) is 10.1. The van der Waals surface area contributed by atoms with Crippen molar-refractivity contribution in [2.24, 2.45) is 4.99 Å². The summed E-state index contributed by atoms with van der Waals surface area (Å²) in [5, 5.41) is 12.5. The maximum Gasteiger partial charge on any atom is 0.191 e. The van der Waals surface area contributed by atoms with Gasteiger partial charge in [0.2, 0.25) is 0 Å². The first-order valence-electron chi connectivity index (χ1n) is 8.98. The quantitative estimate of drug-likeness (QED) is 0.311. The molecule has 2 heterocycles. The van der Waals surface area contributed by atoms with E-state index in [1.807, 2.05) is 17.8 Å². The second-order valence-corrected chi connectivity index (χ2v) is 7.24. The average Bonchev–Trinajstić information content (AvgIpc) is 3.21. The minimum absolute atomic E-state index is 0. The molecule has 0 saturated carbocycles. The van der Waals surface area contributed by atoms with Gasteiger partial charge in [0, 0.05) is 56.0 Å². The first-order valence-corrected chi connectivity index (χ1v) is 9.80. The molecule has 152 valence electrons. The lowest BCUT2D eigenvalue weighted by Crippen LogP contribution is -2.38. The van der Waals surface area contributed by atoms with E-state index in [0.717, 1.165) is 48.3 Å². The Labute approximate surface area is 183 Å². The first-order chi connectivity index (χ1) is 12.6. The molecule has 9 heteroatoms. The Morgan fingerprint density at radius 2 is 2.11 bits per heavy atom. The van der Waals surface area contributed by atoms with Crippen molar-refractivity contribution in [3.63, 3.8) is 0 Å². The van der Waals surface area contributed by atoms with Gasteiger partial charge in [0.15, 0.2) is 5.96 Å². The van der Waals surface area contributed by atoms with Gasteiger partial charge in [0.05, 0.1) is 23.9 Å². The van der Waals surface area contributed by atoms with Crippen molar-refractivity contribution in [1.29, 1.82) is 0 Å². The molecule has 2 rings (SSSR count). The Morgan fingerprint density at radius 3 is 2.74 bits per heavy atom. The number of aryl methyl sites for hydroxylation is 2. The Balaban J connectivity index is 0.00000364. The molecule has 0 atom stereocenters. The minimum Gasteiger partial charge on any atom is -0.383 e. The van der Waals surface area contributed by atoms with Crippen LogP contribution in [-0.4, -0.2) is 48.0 Å². The Kier molecular flexibility index (Phi) is 10.9. The Morgan fingerprint density at radius 1 is 1.33 bits per heavy atom.